The number of piperidine rings is 2. The molecule has 1 aliphatic carbocycles. The van der Waals surface area contributed by atoms with Crippen LogP contribution in [0.4, 0.5) is 0 Å². The third-order valence-corrected chi connectivity index (χ3v) is 9.02. The topological polar surface area (TPSA) is 66.9 Å². The number of sulfonamides is 1. The zero-order valence-electron chi connectivity index (χ0n) is 17.3. The van der Waals surface area contributed by atoms with Gasteiger partial charge in [-0.05, 0) is 61.8 Å². The lowest BCUT2D eigenvalue weighted by Gasteiger charge is -2.43. The SMILES string of the molecule is COc1ccc(S(=O)(=O)N2CCC(C(=O)N3CC[C@H]4CCCC[C@@H]4C3)CC2)cc1. The van der Waals surface area contributed by atoms with E-state index in [9.17, 15) is 13.2 Å². The van der Waals surface area contributed by atoms with Gasteiger partial charge >= 0.3 is 0 Å². The van der Waals surface area contributed by atoms with Crippen molar-refractivity contribution in [2.75, 3.05) is 33.3 Å². The molecular weight excluding hydrogens is 388 g/mol. The third-order valence-electron chi connectivity index (χ3n) is 7.10. The molecule has 0 unspecified atom stereocenters. The van der Waals surface area contributed by atoms with E-state index < -0.39 is 10.0 Å². The molecule has 6 nitrogen and oxygen atoms in total. The van der Waals surface area contributed by atoms with Gasteiger partial charge in [0.05, 0.1) is 12.0 Å². The molecule has 1 aromatic carbocycles. The van der Waals surface area contributed by atoms with E-state index in [0.29, 0.717) is 37.6 Å². The summed E-state index contributed by atoms with van der Waals surface area (Å²) in [5.74, 6) is 2.32. The molecule has 2 saturated heterocycles. The molecular formula is C22H32N2O4S. The minimum Gasteiger partial charge on any atom is -0.497 e. The van der Waals surface area contributed by atoms with Crippen LogP contribution in [0.3, 0.4) is 0 Å². The molecule has 1 saturated carbocycles. The Morgan fingerprint density at radius 1 is 0.931 bits per heavy atom. The van der Waals surface area contributed by atoms with E-state index >= 15 is 0 Å². The summed E-state index contributed by atoms with van der Waals surface area (Å²) >= 11 is 0. The number of hydrogen-bond acceptors (Lipinski definition) is 4. The maximum Gasteiger partial charge on any atom is 0.243 e. The van der Waals surface area contributed by atoms with Crippen LogP contribution in [0, 0.1) is 17.8 Å². The van der Waals surface area contributed by atoms with E-state index in [1.807, 2.05) is 0 Å². The lowest BCUT2D eigenvalue weighted by molar-refractivity contribution is -0.139. The Morgan fingerprint density at radius 3 is 2.24 bits per heavy atom. The highest BCUT2D eigenvalue weighted by Crippen LogP contribution is 2.37. The second-order valence-electron chi connectivity index (χ2n) is 8.73. The van der Waals surface area contributed by atoms with Gasteiger partial charge in [0.25, 0.3) is 0 Å². The first-order valence-corrected chi connectivity index (χ1v) is 12.4. The fraction of sp³-hybridized carbons (Fsp3) is 0.682. The first kappa shape index (κ1) is 20.7. The number of hydrogen-bond donors (Lipinski definition) is 0. The van der Waals surface area contributed by atoms with E-state index in [2.05, 4.69) is 4.90 Å². The number of ether oxygens (including phenoxy) is 1. The predicted octanol–water partition coefficient (Wildman–Crippen LogP) is 3.13. The summed E-state index contributed by atoms with van der Waals surface area (Å²) in [4.78, 5) is 15.4. The van der Waals surface area contributed by atoms with Crippen molar-refractivity contribution >= 4 is 15.9 Å². The van der Waals surface area contributed by atoms with Crippen molar-refractivity contribution in [1.82, 2.24) is 9.21 Å². The molecule has 1 amide bonds. The van der Waals surface area contributed by atoms with Gasteiger partial charge in [0.15, 0.2) is 0 Å². The number of methoxy groups -OCH3 is 1. The van der Waals surface area contributed by atoms with E-state index in [1.165, 1.54) is 30.0 Å². The van der Waals surface area contributed by atoms with Gasteiger partial charge < -0.3 is 9.64 Å². The van der Waals surface area contributed by atoms with Crippen molar-refractivity contribution in [1.29, 1.82) is 0 Å². The molecule has 2 aliphatic heterocycles. The summed E-state index contributed by atoms with van der Waals surface area (Å²) < 4.78 is 32.5. The molecule has 3 aliphatic rings. The molecule has 0 N–H and O–H groups in total. The summed E-state index contributed by atoms with van der Waals surface area (Å²) in [6.45, 7) is 2.60. The fourth-order valence-electron chi connectivity index (χ4n) is 5.30. The van der Waals surface area contributed by atoms with Crippen LogP contribution in [0.25, 0.3) is 0 Å². The zero-order valence-corrected chi connectivity index (χ0v) is 18.1. The summed E-state index contributed by atoms with van der Waals surface area (Å²) in [5, 5.41) is 0. The highest BCUT2D eigenvalue weighted by Gasteiger charge is 2.37. The first-order valence-electron chi connectivity index (χ1n) is 10.9. The first-order chi connectivity index (χ1) is 14.0. The van der Waals surface area contributed by atoms with Gasteiger partial charge in [-0.2, -0.15) is 4.31 Å². The van der Waals surface area contributed by atoms with Gasteiger partial charge in [-0.15, -0.1) is 0 Å². The van der Waals surface area contributed by atoms with Crippen LogP contribution in [-0.4, -0.2) is 56.8 Å². The van der Waals surface area contributed by atoms with E-state index in [0.717, 1.165) is 25.4 Å². The maximum absolute atomic E-state index is 13.1. The molecule has 0 aromatic heterocycles. The quantitative estimate of drug-likeness (QED) is 0.751. The minimum atomic E-state index is -3.52. The lowest BCUT2D eigenvalue weighted by atomic mass is 9.75. The van der Waals surface area contributed by atoms with Crippen LogP contribution in [0.2, 0.25) is 0 Å². The van der Waals surface area contributed by atoms with E-state index in [1.54, 1.807) is 31.4 Å². The molecule has 29 heavy (non-hydrogen) atoms. The fourth-order valence-corrected chi connectivity index (χ4v) is 6.77. The van der Waals surface area contributed by atoms with Crippen LogP contribution in [0.15, 0.2) is 29.2 Å². The highest BCUT2D eigenvalue weighted by atomic mass is 32.2. The Balaban J connectivity index is 1.34. The number of rotatable bonds is 4. The van der Waals surface area contributed by atoms with Crippen molar-refractivity contribution in [2.24, 2.45) is 17.8 Å². The Hall–Kier alpha value is -1.60. The standard InChI is InChI=1S/C22H32N2O4S/c1-28-20-6-8-21(9-7-20)29(26,27)24-14-11-18(12-15-24)22(25)23-13-10-17-4-2-3-5-19(17)16-23/h6-9,17-19H,2-5,10-16H2,1H3/t17-,19-/m1/s1. The number of carbonyl (C=O) groups is 1. The number of nitrogens with zero attached hydrogens (tertiary/aromatic N) is 2. The number of amides is 1. The molecule has 0 spiro atoms. The summed E-state index contributed by atoms with van der Waals surface area (Å²) in [7, 11) is -1.97. The molecule has 2 atom stereocenters. The normalized spacial score (nSPS) is 26.7. The molecule has 4 rings (SSSR count). The van der Waals surface area contributed by atoms with Gasteiger partial charge in [-0.1, -0.05) is 19.3 Å². The number of benzene rings is 1. The molecule has 7 heteroatoms. The van der Waals surface area contributed by atoms with Crippen molar-refractivity contribution in [3.63, 3.8) is 0 Å². The Morgan fingerprint density at radius 2 is 1.59 bits per heavy atom. The Labute approximate surface area is 174 Å². The lowest BCUT2D eigenvalue weighted by Crippen LogP contribution is -2.49. The van der Waals surface area contributed by atoms with Crippen molar-refractivity contribution in [3.05, 3.63) is 24.3 Å². The van der Waals surface area contributed by atoms with E-state index in [-0.39, 0.29) is 16.7 Å². The Bertz CT molecular complexity index is 816. The number of likely N-dealkylation sites (tertiary alicyclic amines) is 1. The number of fused-ring (bicyclic) bond motifs is 1. The van der Waals surface area contributed by atoms with E-state index in [4.69, 9.17) is 4.74 Å². The highest BCUT2D eigenvalue weighted by molar-refractivity contribution is 7.89. The van der Waals surface area contributed by atoms with Crippen molar-refractivity contribution in [2.45, 2.75) is 49.8 Å². The second kappa shape index (κ2) is 8.64. The van der Waals surface area contributed by atoms with Crippen LogP contribution in [0.1, 0.15) is 44.9 Å². The molecule has 3 fully saturated rings. The summed E-state index contributed by atoms with van der Waals surface area (Å²) in [6, 6.07) is 6.50. The van der Waals surface area contributed by atoms with Crippen molar-refractivity contribution < 1.29 is 17.9 Å². The molecule has 2 heterocycles. The van der Waals surface area contributed by atoms with Gasteiger partial charge in [0.1, 0.15) is 5.75 Å². The number of carbonyl (C=O) groups excluding carboxylic acids is 1. The predicted molar refractivity (Wildman–Crippen MR) is 111 cm³/mol. The van der Waals surface area contributed by atoms with Crippen LogP contribution in [-0.2, 0) is 14.8 Å². The summed E-state index contributed by atoms with van der Waals surface area (Å²) in [5.41, 5.74) is 0. The molecule has 160 valence electrons. The monoisotopic (exact) mass is 420 g/mol. The zero-order chi connectivity index (χ0) is 20.4. The minimum absolute atomic E-state index is 0.0440. The average Bonchev–Trinajstić information content (AvgIpc) is 2.78. The van der Waals surface area contributed by atoms with Crippen LogP contribution in [0.5, 0.6) is 5.75 Å². The molecule has 1 aromatic rings. The Kier molecular flexibility index (Phi) is 6.16. The van der Waals surface area contributed by atoms with Gasteiger partial charge in [0, 0.05) is 32.1 Å². The van der Waals surface area contributed by atoms with Gasteiger partial charge in [-0.3, -0.25) is 4.79 Å². The average molecular weight is 421 g/mol. The van der Waals surface area contributed by atoms with Gasteiger partial charge in [-0.25, -0.2) is 8.42 Å². The smallest absolute Gasteiger partial charge is 0.243 e. The second-order valence-corrected chi connectivity index (χ2v) is 10.7. The maximum atomic E-state index is 13.1. The molecule has 0 bridgehead atoms. The largest absolute Gasteiger partial charge is 0.497 e. The molecule has 0 radical (unpaired) electrons. The van der Waals surface area contributed by atoms with Crippen LogP contribution >= 0.6 is 0 Å². The van der Waals surface area contributed by atoms with Gasteiger partial charge in [0.2, 0.25) is 15.9 Å². The van der Waals surface area contributed by atoms with Crippen LogP contribution < -0.4 is 4.74 Å². The third kappa shape index (κ3) is 4.31. The summed E-state index contributed by atoms with van der Waals surface area (Å²) in [6.07, 6.45) is 7.58. The van der Waals surface area contributed by atoms with Crippen molar-refractivity contribution in [3.8, 4) is 5.75 Å².